The highest BCUT2D eigenvalue weighted by atomic mass is 35.5. The van der Waals surface area contributed by atoms with Crippen molar-refractivity contribution in [2.45, 2.75) is 37.5 Å². The summed E-state index contributed by atoms with van der Waals surface area (Å²) in [6.45, 7) is -0.162. The van der Waals surface area contributed by atoms with Gasteiger partial charge in [-0.2, -0.15) is 17.6 Å². The van der Waals surface area contributed by atoms with Gasteiger partial charge in [0.15, 0.2) is 11.6 Å². The van der Waals surface area contributed by atoms with E-state index in [-0.39, 0.29) is 31.9 Å². The molecule has 3 heterocycles. The fourth-order valence-corrected chi connectivity index (χ4v) is 5.14. The van der Waals surface area contributed by atoms with Crippen molar-refractivity contribution >= 4 is 46.4 Å². The van der Waals surface area contributed by atoms with Crippen molar-refractivity contribution in [1.82, 2.24) is 14.9 Å². The van der Waals surface area contributed by atoms with Gasteiger partial charge in [-0.1, -0.05) is 23.2 Å². The van der Waals surface area contributed by atoms with E-state index in [2.05, 4.69) is 15.3 Å². The van der Waals surface area contributed by atoms with Crippen molar-refractivity contribution in [2.24, 2.45) is 5.92 Å². The maximum absolute atomic E-state index is 14.5. The van der Waals surface area contributed by atoms with Gasteiger partial charge >= 0.3 is 6.18 Å². The number of nitrogens with two attached hydrogens (primary N) is 1. The molecule has 2 aliphatic heterocycles. The largest absolute Gasteiger partial charge is 0.393 e. The number of nitrogen functional groups attached to an aromatic ring is 1. The van der Waals surface area contributed by atoms with E-state index < -0.39 is 41.7 Å². The predicted octanol–water partition coefficient (Wildman–Crippen LogP) is 4.37. The highest BCUT2D eigenvalue weighted by molar-refractivity contribution is 6.35. The van der Waals surface area contributed by atoms with Gasteiger partial charge in [0, 0.05) is 35.4 Å². The summed E-state index contributed by atoms with van der Waals surface area (Å²) in [5.74, 6) is -3.68. The van der Waals surface area contributed by atoms with Crippen LogP contribution in [0.2, 0.25) is 10.0 Å². The van der Waals surface area contributed by atoms with E-state index in [1.807, 2.05) is 0 Å². The van der Waals surface area contributed by atoms with E-state index in [9.17, 15) is 22.4 Å². The number of anilines is 3. The third kappa shape index (κ3) is 5.10. The van der Waals surface area contributed by atoms with Gasteiger partial charge in [0.25, 0.3) is 0 Å². The van der Waals surface area contributed by atoms with Crippen molar-refractivity contribution in [3.05, 3.63) is 40.4 Å². The molecule has 34 heavy (non-hydrogen) atoms. The monoisotopic (exact) mass is 520 g/mol. The van der Waals surface area contributed by atoms with E-state index in [1.165, 1.54) is 15.9 Å². The fraction of sp³-hybridized carbons (Fsp3) is 0.476. The molecule has 1 aromatic heterocycles. The smallest absolute Gasteiger partial charge is 0.381 e. The second-order valence-electron chi connectivity index (χ2n) is 8.38. The number of alkyl halides is 3. The Hall–Kier alpha value is -2.53. The summed E-state index contributed by atoms with van der Waals surface area (Å²) in [5.41, 5.74) is 6.01. The highest BCUT2D eigenvalue weighted by Crippen LogP contribution is 2.39. The van der Waals surface area contributed by atoms with E-state index >= 15 is 0 Å². The average molecular weight is 521 g/mol. The van der Waals surface area contributed by atoms with E-state index in [0.717, 1.165) is 6.33 Å². The minimum Gasteiger partial charge on any atom is -0.381 e. The number of nitrogens with one attached hydrogen (secondary N) is 1. The molecule has 1 amide bonds. The normalized spacial score (nSPS) is 23.8. The molecule has 3 atom stereocenters. The number of nitrogens with zero attached hydrogens (tertiary/aromatic N) is 4. The molecule has 0 aliphatic carbocycles. The lowest BCUT2D eigenvalue weighted by molar-refractivity contribution is -0.197. The molecule has 0 radical (unpaired) electrons. The van der Waals surface area contributed by atoms with Crippen molar-refractivity contribution in [3.63, 3.8) is 0 Å². The van der Waals surface area contributed by atoms with Gasteiger partial charge in [-0.3, -0.25) is 4.79 Å². The summed E-state index contributed by atoms with van der Waals surface area (Å²) in [4.78, 5) is 23.4. The van der Waals surface area contributed by atoms with Gasteiger partial charge in [0.1, 0.15) is 12.4 Å². The molecule has 0 spiro atoms. The maximum atomic E-state index is 14.5. The number of halogens is 6. The Morgan fingerprint density at radius 2 is 1.79 bits per heavy atom. The number of carbonyl (C=O) groups excluding carboxylic acids is 1. The SMILES string of the molecule is Nc1ncnc(N2CCC(C(F)(F)F)[C@H](N3CCC[C@H](Nc4cc(Cl)cc(Cl)c4)C3=O)C2)c1F. The molecule has 1 unspecified atom stereocenters. The number of piperidine rings is 2. The molecule has 184 valence electrons. The van der Waals surface area contributed by atoms with Gasteiger partial charge in [0.05, 0.1) is 12.0 Å². The predicted molar refractivity (Wildman–Crippen MR) is 121 cm³/mol. The minimum atomic E-state index is -4.53. The van der Waals surface area contributed by atoms with Crippen LogP contribution >= 0.6 is 23.2 Å². The van der Waals surface area contributed by atoms with Crippen LogP contribution in [0.25, 0.3) is 0 Å². The van der Waals surface area contributed by atoms with Gasteiger partial charge in [0.2, 0.25) is 11.7 Å². The molecule has 3 N–H and O–H groups in total. The van der Waals surface area contributed by atoms with Crippen molar-refractivity contribution < 1.29 is 22.4 Å². The third-order valence-electron chi connectivity index (χ3n) is 6.18. The van der Waals surface area contributed by atoms with Crippen LogP contribution in [-0.2, 0) is 4.79 Å². The average Bonchev–Trinajstić information content (AvgIpc) is 2.75. The molecule has 2 saturated heterocycles. The number of rotatable bonds is 4. The second-order valence-corrected chi connectivity index (χ2v) is 9.25. The first-order chi connectivity index (χ1) is 16.0. The Labute approximate surface area is 203 Å². The number of benzene rings is 1. The van der Waals surface area contributed by atoms with Crippen LogP contribution in [0.3, 0.4) is 0 Å². The first-order valence-electron chi connectivity index (χ1n) is 10.7. The van der Waals surface area contributed by atoms with E-state index in [4.69, 9.17) is 28.9 Å². The van der Waals surface area contributed by atoms with E-state index in [0.29, 0.717) is 28.6 Å². The van der Waals surface area contributed by atoms with Gasteiger partial charge in [-0.25, -0.2) is 9.97 Å². The number of hydrogen-bond acceptors (Lipinski definition) is 6. The Morgan fingerprint density at radius 3 is 2.47 bits per heavy atom. The Kier molecular flexibility index (Phi) is 6.95. The van der Waals surface area contributed by atoms with Crippen LogP contribution in [0.5, 0.6) is 0 Å². The number of likely N-dealkylation sites (tertiary alicyclic amines) is 1. The molecule has 13 heteroatoms. The molecule has 2 fully saturated rings. The number of carbonyl (C=O) groups is 1. The molecule has 0 saturated carbocycles. The van der Waals surface area contributed by atoms with Crippen LogP contribution in [0.15, 0.2) is 24.5 Å². The van der Waals surface area contributed by atoms with Crippen LogP contribution < -0.4 is 16.0 Å². The van der Waals surface area contributed by atoms with Crippen molar-refractivity contribution in [1.29, 1.82) is 0 Å². The number of aromatic nitrogens is 2. The summed E-state index contributed by atoms with van der Waals surface area (Å²) in [5, 5.41) is 3.77. The lowest BCUT2D eigenvalue weighted by atomic mass is 9.87. The summed E-state index contributed by atoms with van der Waals surface area (Å²) in [6.07, 6.45) is -2.86. The molecular weight excluding hydrogens is 499 g/mol. The number of hydrogen-bond donors (Lipinski definition) is 2. The fourth-order valence-electron chi connectivity index (χ4n) is 4.62. The summed E-state index contributed by atoms with van der Waals surface area (Å²) in [7, 11) is 0. The first kappa shape index (κ1) is 24.6. The zero-order valence-electron chi connectivity index (χ0n) is 17.8. The van der Waals surface area contributed by atoms with Gasteiger partial charge in [-0.05, 0) is 37.5 Å². The van der Waals surface area contributed by atoms with Crippen molar-refractivity contribution in [3.8, 4) is 0 Å². The topological polar surface area (TPSA) is 87.4 Å². The Bertz CT molecular complexity index is 1050. The molecular formula is C21H22Cl2F4N6O. The molecule has 4 rings (SSSR count). The quantitative estimate of drug-likeness (QED) is 0.582. The molecule has 2 aliphatic rings. The Morgan fingerprint density at radius 1 is 1.09 bits per heavy atom. The standard InChI is InChI=1S/C21H22Cl2F4N6O/c22-11-6-12(23)8-13(7-11)31-15-2-1-4-33(20(15)34)16-9-32(5-3-14(16)21(25,26)27)19-17(24)18(28)29-10-30-19/h6-8,10,14-16,31H,1-5,9H2,(H2,28,29,30)/t14?,15-,16+/m0/s1. The van der Waals surface area contributed by atoms with Crippen LogP contribution in [0, 0.1) is 11.7 Å². The summed E-state index contributed by atoms with van der Waals surface area (Å²) in [6, 6.07) is 2.74. The summed E-state index contributed by atoms with van der Waals surface area (Å²) >= 11 is 12.0. The zero-order chi connectivity index (χ0) is 24.6. The lowest BCUT2D eigenvalue weighted by Gasteiger charge is -2.47. The summed E-state index contributed by atoms with van der Waals surface area (Å²) < 4.78 is 56.4. The van der Waals surface area contributed by atoms with E-state index in [1.54, 1.807) is 12.1 Å². The zero-order valence-corrected chi connectivity index (χ0v) is 19.3. The third-order valence-corrected chi connectivity index (χ3v) is 6.61. The number of amides is 1. The highest BCUT2D eigenvalue weighted by Gasteiger charge is 2.51. The molecule has 1 aromatic carbocycles. The van der Waals surface area contributed by atoms with Gasteiger partial charge in [-0.15, -0.1) is 0 Å². The second kappa shape index (κ2) is 9.61. The van der Waals surface area contributed by atoms with Crippen LogP contribution in [0.4, 0.5) is 34.9 Å². The Balaban J connectivity index is 1.59. The van der Waals surface area contributed by atoms with Crippen LogP contribution in [-0.4, -0.2) is 58.7 Å². The molecule has 7 nitrogen and oxygen atoms in total. The first-order valence-corrected chi connectivity index (χ1v) is 11.4. The molecule has 2 aromatic rings. The lowest BCUT2D eigenvalue weighted by Crippen LogP contribution is -2.62. The van der Waals surface area contributed by atoms with Crippen LogP contribution in [0.1, 0.15) is 19.3 Å². The molecule has 0 bridgehead atoms. The maximum Gasteiger partial charge on any atom is 0.393 e. The minimum absolute atomic E-state index is 0.0846. The van der Waals surface area contributed by atoms with Crippen molar-refractivity contribution in [2.75, 3.05) is 35.6 Å². The van der Waals surface area contributed by atoms with Gasteiger partial charge < -0.3 is 20.9 Å².